The van der Waals surface area contributed by atoms with Gasteiger partial charge in [0.2, 0.25) is 11.9 Å². The molecule has 10 rings (SSSR count). The van der Waals surface area contributed by atoms with Crippen LogP contribution in [0.3, 0.4) is 0 Å². The van der Waals surface area contributed by atoms with Crippen LogP contribution >= 0.6 is 0 Å². The average Bonchev–Trinajstić information content (AvgIpc) is 1.63. The fourth-order valence-electron chi connectivity index (χ4n) is 11.8. The summed E-state index contributed by atoms with van der Waals surface area (Å²) in [5, 5.41) is 0. The Bertz CT molecular complexity index is 3830. The summed E-state index contributed by atoms with van der Waals surface area (Å²) in [7, 11) is 0. The third-order valence-electron chi connectivity index (χ3n) is 17.1. The number of nitrogens with two attached hydrogens (primary N) is 2. The second-order valence-corrected chi connectivity index (χ2v) is 26.6. The van der Waals surface area contributed by atoms with Gasteiger partial charge in [0, 0.05) is 62.0 Å². The lowest BCUT2D eigenvalue weighted by Gasteiger charge is -2.15. The molecule has 0 saturated heterocycles. The maximum absolute atomic E-state index is 6.61. The largest absolute Gasteiger partial charge is 0.493 e. The van der Waals surface area contributed by atoms with Crippen molar-refractivity contribution in [2.45, 2.75) is 159 Å². The van der Waals surface area contributed by atoms with E-state index >= 15 is 0 Å². The Kier molecular flexibility index (Phi) is 23.1. The lowest BCUT2D eigenvalue weighted by Crippen LogP contribution is -2.04. The fraction of sp³-hybridized carbons (Fsp3) is 0.405. The van der Waals surface area contributed by atoms with Crippen LogP contribution in [-0.4, -0.2) is 61.3 Å². The second kappa shape index (κ2) is 32.0. The number of aryl methyl sites for hydroxylation is 1. The van der Waals surface area contributed by atoms with Gasteiger partial charge in [-0.25, -0.2) is 9.97 Å². The molecule has 0 atom stereocenters. The van der Waals surface area contributed by atoms with Crippen molar-refractivity contribution in [2.75, 3.05) is 37.9 Å². The Balaban J connectivity index is 1.21. The van der Waals surface area contributed by atoms with Gasteiger partial charge >= 0.3 is 0 Å². The Morgan fingerprint density at radius 2 is 0.663 bits per heavy atom. The number of fused-ring (bicyclic) bond motifs is 8. The first-order valence-electron chi connectivity index (χ1n) is 34.1. The van der Waals surface area contributed by atoms with Crippen LogP contribution in [0.25, 0.3) is 102 Å². The van der Waals surface area contributed by atoms with E-state index in [4.69, 9.17) is 40.4 Å². The average molecular weight is 1240 g/mol. The first-order valence-corrected chi connectivity index (χ1v) is 34.1. The molecule has 6 heterocycles. The van der Waals surface area contributed by atoms with Crippen LogP contribution in [0.4, 0.5) is 11.9 Å². The molecule has 8 bridgehead atoms. The molecular weight excluding hydrogens is 1140 g/mol. The van der Waals surface area contributed by atoms with Gasteiger partial charge in [0.25, 0.3) is 0 Å². The zero-order valence-electron chi connectivity index (χ0n) is 56.0. The summed E-state index contributed by atoms with van der Waals surface area (Å²) in [5.41, 5.74) is 28.3. The fourth-order valence-corrected chi connectivity index (χ4v) is 11.8. The molecule has 4 aromatic carbocycles. The number of nitrogens with zero attached hydrogens (tertiary/aromatic N) is 5. The number of hydrogen-bond donors (Lipinski definition) is 4. The number of hydrogen-bond acceptors (Lipinski definition) is 11. The van der Waals surface area contributed by atoms with Crippen molar-refractivity contribution in [3.05, 3.63) is 138 Å². The number of ether oxygens (including phenoxy) is 4. The highest BCUT2D eigenvalue weighted by Gasteiger charge is 2.22. The number of nitrogens with one attached hydrogen (secondary N) is 2. The minimum absolute atomic E-state index is 0.0530. The monoisotopic (exact) mass is 1240 g/mol. The van der Waals surface area contributed by atoms with E-state index in [1.807, 2.05) is 24.3 Å². The van der Waals surface area contributed by atoms with Crippen LogP contribution in [0.2, 0.25) is 0 Å². The number of aromatic amines is 2. The summed E-state index contributed by atoms with van der Waals surface area (Å²) in [6.45, 7) is 22.4. The zero-order valence-corrected chi connectivity index (χ0v) is 56.0. The maximum atomic E-state index is 6.61. The summed E-state index contributed by atoms with van der Waals surface area (Å²) in [5.74, 6) is 5.35. The number of unbranched alkanes of at least 4 members (excludes halogenated alkanes) is 9. The second-order valence-electron chi connectivity index (χ2n) is 26.6. The van der Waals surface area contributed by atoms with Gasteiger partial charge in [-0.1, -0.05) is 169 Å². The van der Waals surface area contributed by atoms with Crippen LogP contribution < -0.4 is 30.4 Å². The van der Waals surface area contributed by atoms with Crippen molar-refractivity contribution in [3.63, 3.8) is 0 Å². The quantitative estimate of drug-likeness (QED) is 0.0294. The molecular formula is C79H97N9O4. The molecule has 13 heteroatoms. The summed E-state index contributed by atoms with van der Waals surface area (Å²) in [6.07, 6.45) is 26.4. The van der Waals surface area contributed by atoms with Gasteiger partial charge in [-0.2, -0.15) is 15.0 Å². The van der Waals surface area contributed by atoms with E-state index in [0.717, 1.165) is 150 Å². The Morgan fingerprint density at radius 3 is 1.01 bits per heavy atom. The molecule has 0 aliphatic carbocycles. The van der Waals surface area contributed by atoms with Gasteiger partial charge < -0.3 is 40.4 Å². The van der Waals surface area contributed by atoms with Gasteiger partial charge in [-0.15, -0.1) is 0 Å². The number of benzene rings is 4. The Morgan fingerprint density at radius 1 is 0.348 bits per heavy atom. The molecule has 482 valence electrons. The number of anilines is 2. The van der Waals surface area contributed by atoms with E-state index in [9.17, 15) is 0 Å². The lowest BCUT2D eigenvalue weighted by molar-refractivity contribution is 0.276. The van der Waals surface area contributed by atoms with Crippen LogP contribution in [0.5, 0.6) is 23.0 Å². The summed E-state index contributed by atoms with van der Waals surface area (Å²) in [4.78, 5) is 32.2. The standard InChI is InChI=1S/C79H97N9O4/c1-10-11-12-13-14-15-16-17-18-19-20-55-21-23-56(24-22-55)73-65-29-33-69(82-65)75(59-45-61(89-41-37-51(2)3)49-62(46-59)90-42-38-52(4)5)71-35-31-67(84-71)74(57-25-27-58(28-26-57)77-86-78(80)88-79(81)87-77)68-32-36-72(85-68)76(70-34-30-66(73)83-70)60-47-63(91-43-39-53(6)7)50-64(48-60)92-44-40-54(8)9/h21-36,45-54,82,85H,10-20,37-44H2,1-9H3,(H4,80,81,86,87,88). The number of rotatable bonds is 32. The molecule has 92 heavy (non-hydrogen) atoms. The highest BCUT2D eigenvalue weighted by molar-refractivity contribution is 6.00. The maximum Gasteiger partial charge on any atom is 0.225 e. The van der Waals surface area contributed by atoms with E-state index in [1.54, 1.807) is 0 Å². The van der Waals surface area contributed by atoms with E-state index < -0.39 is 0 Å². The van der Waals surface area contributed by atoms with Gasteiger partial charge in [0.1, 0.15) is 23.0 Å². The van der Waals surface area contributed by atoms with Gasteiger partial charge in [0.15, 0.2) is 5.82 Å². The predicted molar refractivity (Wildman–Crippen MR) is 384 cm³/mol. The number of nitrogen functional groups attached to an aromatic ring is 2. The SMILES string of the molecule is CCCCCCCCCCCCc1ccc(-c2c3nc(c(-c4cc(OCCC(C)C)cc(OCCC(C)C)c4)c4ccc([nH]4)c(-c4ccc(-c5nc(N)nc(N)n5)cc4)c4nc(c(-c5cc(OCCC(C)C)cc(OCCC(C)C)c5)c5ccc2[nH]5)C=C4)C=C3)cc1. The lowest BCUT2D eigenvalue weighted by atomic mass is 9.99. The summed E-state index contributed by atoms with van der Waals surface area (Å²) < 4.78 is 26.4. The molecule has 8 aromatic rings. The van der Waals surface area contributed by atoms with Crippen LogP contribution in [0.1, 0.15) is 181 Å². The van der Waals surface area contributed by atoms with Crippen LogP contribution in [0, 0.1) is 23.7 Å². The van der Waals surface area contributed by atoms with Crippen molar-refractivity contribution in [2.24, 2.45) is 23.7 Å². The van der Waals surface area contributed by atoms with Crippen LogP contribution in [0.15, 0.2) is 109 Å². The van der Waals surface area contributed by atoms with Gasteiger partial charge in [0.05, 0.1) is 49.2 Å². The molecule has 0 radical (unpaired) electrons. The molecule has 4 aromatic heterocycles. The molecule has 6 N–H and O–H groups in total. The highest BCUT2D eigenvalue weighted by Crippen LogP contribution is 2.42. The molecule has 0 spiro atoms. The summed E-state index contributed by atoms with van der Waals surface area (Å²) in [6, 6.07) is 38.5. The van der Waals surface area contributed by atoms with E-state index in [0.29, 0.717) is 55.9 Å². The minimum atomic E-state index is 0.0530. The molecule has 2 aliphatic heterocycles. The third-order valence-corrected chi connectivity index (χ3v) is 17.1. The Labute approximate surface area is 546 Å². The zero-order chi connectivity index (χ0) is 64.5. The van der Waals surface area contributed by atoms with Crippen molar-refractivity contribution in [1.82, 2.24) is 34.9 Å². The molecule has 0 fully saturated rings. The molecule has 2 aliphatic rings. The van der Waals surface area contributed by atoms with Crippen LogP contribution in [-0.2, 0) is 6.42 Å². The first kappa shape index (κ1) is 66.2. The smallest absolute Gasteiger partial charge is 0.225 e. The third kappa shape index (κ3) is 17.9. The molecule has 0 amide bonds. The highest BCUT2D eigenvalue weighted by atomic mass is 16.5. The van der Waals surface area contributed by atoms with Crippen molar-refractivity contribution in [1.29, 1.82) is 0 Å². The van der Waals surface area contributed by atoms with Gasteiger partial charge in [-0.05, 0) is 163 Å². The van der Waals surface area contributed by atoms with Crippen molar-refractivity contribution < 1.29 is 18.9 Å². The topological polar surface area (TPSA) is 185 Å². The van der Waals surface area contributed by atoms with Gasteiger partial charge in [-0.3, -0.25) is 0 Å². The Hall–Kier alpha value is -8.71. The van der Waals surface area contributed by atoms with E-state index in [2.05, 4.69) is 196 Å². The first-order chi connectivity index (χ1) is 44.6. The van der Waals surface area contributed by atoms with Crippen molar-refractivity contribution >= 4 is 58.3 Å². The normalized spacial score (nSPS) is 12.1. The summed E-state index contributed by atoms with van der Waals surface area (Å²) >= 11 is 0. The van der Waals surface area contributed by atoms with Crippen molar-refractivity contribution in [3.8, 4) is 78.9 Å². The molecule has 0 unspecified atom stereocenters. The number of aromatic nitrogens is 7. The van der Waals surface area contributed by atoms with E-state index in [1.165, 1.54) is 69.8 Å². The molecule has 0 saturated carbocycles. The molecule has 13 nitrogen and oxygen atoms in total. The predicted octanol–water partition coefficient (Wildman–Crippen LogP) is 20.5. The minimum Gasteiger partial charge on any atom is -0.493 e. The van der Waals surface area contributed by atoms with E-state index in [-0.39, 0.29) is 11.9 Å². The number of H-pyrrole nitrogens is 2.